The molecule has 0 amide bonds. The summed E-state index contributed by atoms with van der Waals surface area (Å²) >= 11 is 0. The van der Waals surface area contributed by atoms with Gasteiger partial charge >= 0.3 is 0 Å². The van der Waals surface area contributed by atoms with Gasteiger partial charge in [-0.05, 0) is 42.5 Å². The number of benzene rings is 2. The minimum absolute atomic E-state index is 0.325. The standard InChI is InChI=1S/C17H16N2/c18-13-17(11-4-12-17)19-16-9-7-15(8-10-16)14-5-2-1-3-6-14/h1-3,5-10,19H,4,11-12H2. The van der Waals surface area contributed by atoms with E-state index in [1.807, 2.05) is 18.2 Å². The first kappa shape index (κ1) is 11.8. The van der Waals surface area contributed by atoms with E-state index in [4.69, 9.17) is 0 Å². The summed E-state index contributed by atoms with van der Waals surface area (Å²) in [4.78, 5) is 0. The van der Waals surface area contributed by atoms with Crippen molar-refractivity contribution in [2.75, 3.05) is 5.32 Å². The molecule has 1 N–H and O–H groups in total. The van der Waals surface area contributed by atoms with E-state index in [9.17, 15) is 5.26 Å². The van der Waals surface area contributed by atoms with Crippen LogP contribution in [0.3, 0.4) is 0 Å². The van der Waals surface area contributed by atoms with Crippen molar-refractivity contribution in [3.05, 3.63) is 54.6 Å². The molecule has 0 heterocycles. The van der Waals surface area contributed by atoms with Crippen molar-refractivity contribution in [2.45, 2.75) is 24.8 Å². The molecule has 1 aliphatic rings. The highest BCUT2D eigenvalue weighted by Crippen LogP contribution is 2.35. The molecule has 0 bridgehead atoms. The van der Waals surface area contributed by atoms with E-state index in [2.05, 4.69) is 47.8 Å². The maximum atomic E-state index is 9.22. The van der Waals surface area contributed by atoms with Gasteiger partial charge in [0.05, 0.1) is 6.07 Å². The Morgan fingerprint density at radius 2 is 1.53 bits per heavy atom. The van der Waals surface area contributed by atoms with Crippen molar-refractivity contribution in [3.63, 3.8) is 0 Å². The number of nitrogens with zero attached hydrogens (tertiary/aromatic N) is 1. The molecule has 0 aliphatic heterocycles. The molecule has 94 valence electrons. The first-order valence-corrected chi connectivity index (χ1v) is 6.66. The molecule has 2 nitrogen and oxygen atoms in total. The quantitative estimate of drug-likeness (QED) is 0.883. The van der Waals surface area contributed by atoms with E-state index < -0.39 is 0 Å². The predicted molar refractivity (Wildman–Crippen MR) is 77.7 cm³/mol. The summed E-state index contributed by atoms with van der Waals surface area (Å²) < 4.78 is 0. The third-order valence-corrected chi connectivity index (χ3v) is 3.80. The molecule has 2 aromatic rings. The van der Waals surface area contributed by atoms with Crippen LogP contribution in [-0.4, -0.2) is 5.54 Å². The Morgan fingerprint density at radius 1 is 0.895 bits per heavy atom. The molecular formula is C17H16N2. The van der Waals surface area contributed by atoms with Gasteiger partial charge in [-0.3, -0.25) is 0 Å². The minimum atomic E-state index is -0.325. The minimum Gasteiger partial charge on any atom is -0.367 e. The van der Waals surface area contributed by atoms with Crippen LogP contribution >= 0.6 is 0 Å². The van der Waals surface area contributed by atoms with E-state index in [0.717, 1.165) is 24.9 Å². The van der Waals surface area contributed by atoms with Crippen LogP contribution in [0.5, 0.6) is 0 Å². The molecule has 1 saturated carbocycles. The number of hydrogen-bond donors (Lipinski definition) is 1. The fourth-order valence-electron chi connectivity index (χ4n) is 2.45. The van der Waals surface area contributed by atoms with Crippen LogP contribution < -0.4 is 5.32 Å². The molecule has 2 heteroatoms. The number of nitrogens with one attached hydrogen (secondary N) is 1. The van der Waals surface area contributed by atoms with Gasteiger partial charge in [0.2, 0.25) is 0 Å². The highest BCUT2D eigenvalue weighted by Gasteiger charge is 2.36. The van der Waals surface area contributed by atoms with Crippen molar-refractivity contribution < 1.29 is 0 Å². The maximum absolute atomic E-state index is 9.22. The number of rotatable bonds is 3. The second kappa shape index (κ2) is 4.78. The van der Waals surface area contributed by atoms with Crippen molar-refractivity contribution >= 4 is 5.69 Å². The van der Waals surface area contributed by atoms with Crippen LogP contribution in [0.25, 0.3) is 11.1 Å². The molecule has 0 unspecified atom stereocenters. The van der Waals surface area contributed by atoms with Crippen LogP contribution in [0, 0.1) is 11.3 Å². The Kier molecular flexibility index (Phi) is 2.97. The van der Waals surface area contributed by atoms with Gasteiger partial charge in [-0.1, -0.05) is 42.5 Å². The van der Waals surface area contributed by atoms with Crippen molar-refractivity contribution in [3.8, 4) is 17.2 Å². The molecule has 2 aromatic carbocycles. The second-order valence-electron chi connectivity index (χ2n) is 5.12. The van der Waals surface area contributed by atoms with Gasteiger partial charge in [0.15, 0.2) is 0 Å². The first-order chi connectivity index (χ1) is 9.31. The average Bonchev–Trinajstić information content (AvgIpc) is 2.45. The van der Waals surface area contributed by atoms with Gasteiger partial charge in [-0.2, -0.15) is 5.26 Å². The third-order valence-electron chi connectivity index (χ3n) is 3.80. The highest BCUT2D eigenvalue weighted by atomic mass is 15.0. The molecule has 0 radical (unpaired) electrons. The first-order valence-electron chi connectivity index (χ1n) is 6.66. The smallest absolute Gasteiger partial charge is 0.125 e. The summed E-state index contributed by atoms with van der Waals surface area (Å²) in [5.74, 6) is 0. The summed E-state index contributed by atoms with van der Waals surface area (Å²) in [6.45, 7) is 0. The lowest BCUT2D eigenvalue weighted by atomic mass is 9.78. The Morgan fingerprint density at radius 3 is 2.05 bits per heavy atom. The Labute approximate surface area is 113 Å². The van der Waals surface area contributed by atoms with Crippen LogP contribution in [0.15, 0.2) is 54.6 Å². The fraction of sp³-hybridized carbons (Fsp3) is 0.235. The van der Waals surface area contributed by atoms with Crippen molar-refractivity contribution in [1.29, 1.82) is 5.26 Å². The van der Waals surface area contributed by atoms with E-state index >= 15 is 0 Å². The Balaban J connectivity index is 1.78. The average molecular weight is 248 g/mol. The van der Waals surface area contributed by atoms with Gasteiger partial charge in [0.25, 0.3) is 0 Å². The molecular weight excluding hydrogens is 232 g/mol. The molecule has 1 fully saturated rings. The van der Waals surface area contributed by atoms with Crippen LogP contribution in [0.1, 0.15) is 19.3 Å². The van der Waals surface area contributed by atoms with Crippen LogP contribution in [0.2, 0.25) is 0 Å². The van der Waals surface area contributed by atoms with E-state index in [-0.39, 0.29) is 5.54 Å². The summed E-state index contributed by atoms with van der Waals surface area (Å²) in [5, 5.41) is 12.6. The maximum Gasteiger partial charge on any atom is 0.125 e. The van der Waals surface area contributed by atoms with Crippen molar-refractivity contribution in [1.82, 2.24) is 0 Å². The molecule has 1 aliphatic carbocycles. The molecule has 3 rings (SSSR count). The monoisotopic (exact) mass is 248 g/mol. The molecule has 0 saturated heterocycles. The number of hydrogen-bond acceptors (Lipinski definition) is 2. The highest BCUT2D eigenvalue weighted by molar-refractivity contribution is 5.66. The Hall–Kier alpha value is -2.27. The van der Waals surface area contributed by atoms with Gasteiger partial charge in [-0.15, -0.1) is 0 Å². The SMILES string of the molecule is N#CC1(Nc2ccc(-c3ccccc3)cc2)CCC1. The summed E-state index contributed by atoms with van der Waals surface area (Å²) in [6.07, 6.45) is 3.04. The van der Waals surface area contributed by atoms with E-state index in [1.165, 1.54) is 11.1 Å². The van der Waals surface area contributed by atoms with Crippen LogP contribution in [-0.2, 0) is 0 Å². The molecule has 0 spiro atoms. The summed E-state index contributed by atoms with van der Waals surface area (Å²) in [5.41, 5.74) is 3.12. The second-order valence-corrected chi connectivity index (χ2v) is 5.12. The largest absolute Gasteiger partial charge is 0.367 e. The normalized spacial score (nSPS) is 16.2. The topological polar surface area (TPSA) is 35.8 Å². The molecule has 0 atom stereocenters. The Bertz CT molecular complexity index is 589. The summed E-state index contributed by atoms with van der Waals surface area (Å²) in [7, 11) is 0. The lowest BCUT2D eigenvalue weighted by molar-refractivity contribution is 0.356. The number of anilines is 1. The molecule has 19 heavy (non-hydrogen) atoms. The van der Waals surface area contributed by atoms with E-state index in [0.29, 0.717) is 0 Å². The fourth-order valence-corrected chi connectivity index (χ4v) is 2.45. The van der Waals surface area contributed by atoms with Crippen LogP contribution in [0.4, 0.5) is 5.69 Å². The zero-order valence-corrected chi connectivity index (χ0v) is 10.8. The zero-order valence-electron chi connectivity index (χ0n) is 10.8. The van der Waals surface area contributed by atoms with Gasteiger partial charge in [-0.25, -0.2) is 0 Å². The third kappa shape index (κ3) is 2.32. The predicted octanol–water partition coefficient (Wildman–Crippen LogP) is 4.21. The molecule has 0 aromatic heterocycles. The van der Waals surface area contributed by atoms with Gasteiger partial charge in [0.1, 0.15) is 5.54 Å². The lowest BCUT2D eigenvalue weighted by Gasteiger charge is -2.36. The number of nitriles is 1. The lowest BCUT2D eigenvalue weighted by Crippen LogP contribution is -2.43. The zero-order chi connectivity index (χ0) is 13.1. The van der Waals surface area contributed by atoms with Crippen molar-refractivity contribution in [2.24, 2.45) is 0 Å². The van der Waals surface area contributed by atoms with Gasteiger partial charge < -0.3 is 5.32 Å². The summed E-state index contributed by atoms with van der Waals surface area (Å²) in [6, 6.07) is 21.0. The van der Waals surface area contributed by atoms with Gasteiger partial charge in [0, 0.05) is 5.69 Å². The van der Waals surface area contributed by atoms with E-state index in [1.54, 1.807) is 0 Å².